The molecule has 0 aromatic carbocycles. The number of nitrogens with one attached hydrogen (secondary N) is 1. The third-order valence-electron chi connectivity index (χ3n) is 3.41. The van der Waals surface area contributed by atoms with Gasteiger partial charge in [-0.15, -0.1) is 11.3 Å². The van der Waals surface area contributed by atoms with Crippen LogP contribution in [0.2, 0.25) is 4.34 Å². The average molecular weight is 331 g/mol. The van der Waals surface area contributed by atoms with Gasteiger partial charge in [0.25, 0.3) is 5.91 Å². The zero-order valence-corrected chi connectivity index (χ0v) is 13.4. The fourth-order valence-electron chi connectivity index (χ4n) is 2.07. The van der Waals surface area contributed by atoms with E-state index in [1.54, 1.807) is 17.0 Å². The normalized spacial score (nSPS) is 17.6. The maximum Gasteiger partial charge on any atom is 0.261 e. The summed E-state index contributed by atoms with van der Waals surface area (Å²) in [6.45, 7) is 3.17. The molecule has 1 aliphatic rings. The van der Waals surface area contributed by atoms with Crippen molar-refractivity contribution in [2.24, 2.45) is 5.73 Å². The van der Waals surface area contributed by atoms with Crippen LogP contribution in [0, 0.1) is 0 Å². The molecular weight excluding hydrogens is 312 g/mol. The average Bonchev–Trinajstić information content (AvgIpc) is 2.91. The molecule has 2 amide bonds. The second-order valence-electron chi connectivity index (χ2n) is 5.05. The number of carbonyl (C=O) groups is 2. The van der Waals surface area contributed by atoms with Gasteiger partial charge in [0.15, 0.2) is 0 Å². The van der Waals surface area contributed by atoms with E-state index in [0.717, 1.165) is 13.1 Å². The number of likely N-dealkylation sites (N-methyl/N-ethyl adjacent to an activating group) is 1. The van der Waals surface area contributed by atoms with Gasteiger partial charge in [-0.3, -0.25) is 9.59 Å². The van der Waals surface area contributed by atoms with E-state index < -0.39 is 6.04 Å². The van der Waals surface area contributed by atoms with Gasteiger partial charge in [0, 0.05) is 32.7 Å². The zero-order chi connectivity index (χ0) is 15.4. The van der Waals surface area contributed by atoms with Crippen LogP contribution < -0.4 is 11.1 Å². The Morgan fingerprint density at radius 1 is 1.38 bits per heavy atom. The molecule has 1 unspecified atom stereocenters. The molecule has 0 aliphatic carbocycles. The molecule has 8 heteroatoms. The van der Waals surface area contributed by atoms with E-state index in [9.17, 15) is 9.59 Å². The van der Waals surface area contributed by atoms with Crippen LogP contribution in [0.3, 0.4) is 0 Å². The van der Waals surface area contributed by atoms with E-state index in [0.29, 0.717) is 22.3 Å². The van der Waals surface area contributed by atoms with Gasteiger partial charge in [-0.05, 0) is 19.2 Å². The fourth-order valence-corrected chi connectivity index (χ4v) is 3.03. The number of amides is 2. The summed E-state index contributed by atoms with van der Waals surface area (Å²) in [5.74, 6) is -0.374. The number of thiophene rings is 1. The van der Waals surface area contributed by atoms with Crippen LogP contribution in [-0.4, -0.2) is 67.4 Å². The predicted molar refractivity (Wildman–Crippen MR) is 83.7 cm³/mol. The van der Waals surface area contributed by atoms with Crippen LogP contribution in [0.1, 0.15) is 9.67 Å². The van der Waals surface area contributed by atoms with Crippen LogP contribution in [0.5, 0.6) is 0 Å². The highest BCUT2D eigenvalue weighted by molar-refractivity contribution is 7.17. The van der Waals surface area contributed by atoms with E-state index >= 15 is 0 Å². The number of carbonyl (C=O) groups excluding carboxylic acids is 2. The molecule has 2 rings (SSSR count). The number of nitrogens with zero attached hydrogens (tertiary/aromatic N) is 2. The summed E-state index contributed by atoms with van der Waals surface area (Å²) in [6.07, 6.45) is 0. The molecule has 116 valence electrons. The van der Waals surface area contributed by atoms with Crippen molar-refractivity contribution < 1.29 is 9.59 Å². The number of rotatable bonds is 4. The largest absolute Gasteiger partial charge is 0.349 e. The second-order valence-corrected chi connectivity index (χ2v) is 6.76. The van der Waals surface area contributed by atoms with Gasteiger partial charge >= 0.3 is 0 Å². The van der Waals surface area contributed by atoms with Crippen molar-refractivity contribution in [3.63, 3.8) is 0 Å². The maximum atomic E-state index is 12.2. The molecule has 1 saturated heterocycles. The molecule has 1 atom stereocenters. The quantitative estimate of drug-likeness (QED) is 0.828. The summed E-state index contributed by atoms with van der Waals surface area (Å²) in [4.78, 5) is 28.5. The SMILES string of the molecule is CN1CCN(C(=O)C(N)CNC(=O)c2ccc(Cl)s2)CC1. The third kappa shape index (κ3) is 4.41. The van der Waals surface area contributed by atoms with Crippen molar-refractivity contribution in [3.05, 3.63) is 21.3 Å². The lowest BCUT2D eigenvalue weighted by atomic mass is 10.2. The second kappa shape index (κ2) is 7.22. The topological polar surface area (TPSA) is 78.7 Å². The molecule has 1 aromatic rings. The fraction of sp³-hybridized carbons (Fsp3) is 0.538. The van der Waals surface area contributed by atoms with Crippen LogP contribution in [-0.2, 0) is 4.79 Å². The molecule has 0 radical (unpaired) electrons. The Labute approximate surface area is 132 Å². The Kier molecular flexibility index (Phi) is 5.58. The Bertz CT molecular complexity index is 514. The Morgan fingerprint density at radius 2 is 2.05 bits per heavy atom. The number of hydrogen-bond donors (Lipinski definition) is 2. The standard InChI is InChI=1S/C13H19ClN4O2S/c1-17-4-6-18(7-5-17)13(20)9(15)8-16-12(19)10-2-3-11(14)21-10/h2-3,9H,4-8,15H2,1H3,(H,16,19). The molecule has 1 fully saturated rings. The summed E-state index contributed by atoms with van der Waals surface area (Å²) in [7, 11) is 2.02. The van der Waals surface area contributed by atoms with E-state index in [-0.39, 0.29) is 18.4 Å². The summed E-state index contributed by atoms with van der Waals surface area (Å²) in [5, 5.41) is 2.67. The molecule has 3 N–H and O–H groups in total. The van der Waals surface area contributed by atoms with Crippen molar-refractivity contribution >= 4 is 34.8 Å². The van der Waals surface area contributed by atoms with Gasteiger partial charge in [-0.2, -0.15) is 0 Å². The maximum absolute atomic E-state index is 12.2. The van der Waals surface area contributed by atoms with Gasteiger partial charge in [0.05, 0.1) is 9.21 Å². The molecule has 1 aliphatic heterocycles. The molecule has 0 bridgehead atoms. The minimum atomic E-state index is -0.715. The lowest BCUT2D eigenvalue weighted by Gasteiger charge is -2.33. The molecule has 0 saturated carbocycles. The first-order valence-corrected chi connectivity index (χ1v) is 7.93. The first kappa shape index (κ1) is 16.2. The van der Waals surface area contributed by atoms with Gasteiger partial charge in [-0.1, -0.05) is 11.6 Å². The highest BCUT2D eigenvalue weighted by Crippen LogP contribution is 2.20. The van der Waals surface area contributed by atoms with Crippen molar-refractivity contribution in [1.29, 1.82) is 0 Å². The summed E-state index contributed by atoms with van der Waals surface area (Å²) in [6, 6.07) is 2.60. The first-order chi connectivity index (χ1) is 9.97. The highest BCUT2D eigenvalue weighted by atomic mass is 35.5. The van der Waals surface area contributed by atoms with Crippen LogP contribution in [0.4, 0.5) is 0 Å². The van der Waals surface area contributed by atoms with Crippen molar-refractivity contribution in [3.8, 4) is 0 Å². The number of nitrogens with two attached hydrogens (primary N) is 1. The van der Waals surface area contributed by atoms with Crippen LogP contribution in [0.25, 0.3) is 0 Å². The highest BCUT2D eigenvalue weighted by Gasteiger charge is 2.24. The number of halogens is 1. The van der Waals surface area contributed by atoms with Gasteiger partial charge in [0.1, 0.15) is 6.04 Å². The van der Waals surface area contributed by atoms with Crippen molar-refractivity contribution in [2.75, 3.05) is 39.8 Å². The van der Waals surface area contributed by atoms with Crippen LogP contribution in [0.15, 0.2) is 12.1 Å². The molecule has 2 heterocycles. The number of piperazine rings is 1. The smallest absolute Gasteiger partial charge is 0.261 e. The zero-order valence-electron chi connectivity index (χ0n) is 11.8. The van der Waals surface area contributed by atoms with Crippen molar-refractivity contribution in [2.45, 2.75) is 6.04 Å². The lowest BCUT2D eigenvalue weighted by Crippen LogP contribution is -2.54. The monoisotopic (exact) mass is 330 g/mol. The Hall–Kier alpha value is -1.15. The predicted octanol–water partition coefficient (Wildman–Crippen LogP) is 0.233. The molecule has 0 spiro atoms. The minimum Gasteiger partial charge on any atom is -0.349 e. The summed E-state index contributed by atoms with van der Waals surface area (Å²) < 4.78 is 0.554. The molecule has 21 heavy (non-hydrogen) atoms. The molecule has 6 nitrogen and oxygen atoms in total. The van der Waals surface area contributed by atoms with E-state index in [1.165, 1.54) is 11.3 Å². The first-order valence-electron chi connectivity index (χ1n) is 6.74. The van der Waals surface area contributed by atoms with Crippen LogP contribution >= 0.6 is 22.9 Å². The van der Waals surface area contributed by atoms with Gasteiger partial charge in [0.2, 0.25) is 5.91 Å². The molecule has 1 aromatic heterocycles. The Morgan fingerprint density at radius 3 is 2.62 bits per heavy atom. The summed E-state index contributed by atoms with van der Waals surface area (Å²) in [5.41, 5.74) is 5.87. The Balaban J connectivity index is 1.79. The van der Waals surface area contributed by atoms with E-state index in [4.69, 9.17) is 17.3 Å². The van der Waals surface area contributed by atoms with Gasteiger partial charge < -0.3 is 20.9 Å². The molecular formula is C13H19ClN4O2S. The van der Waals surface area contributed by atoms with E-state index in [1.807, 2.05) is 7.05 Å². The van der Waals surface area contributed by atoms with Crippen molar-refractivity contribution in [1.82, 2.24) is 15.1 Å². The van der Waals surface area contributed by atoms with Gasteiger partial charge in [-0.25, -0.2) is 0 Å². The summed E-state index contributed by atoms with van der Waals surface area (Å²) >= 11 is 6.98. The minimum absolute atomic E-state index is 0.118. The van der Waals surface area contributed by atoms with E-state index in [2.05, 4.69) is 10.2 Å². The lowest BCUT2D eigenvalue weighted by molar-refractivity contribution is -0.134. The third-order valence-corrected chi connectivity index (χ3v) is 4.64. The number of hydrogen-bond acceptors (Lipinski definition) is 5.